The smallest absolute Gasteiger partial charge is 0.128 e. The molecule has 1 saturated carbocycles. The van der Waals surface area contributed by atoms with Crippen molar-refractivity contribution in [2.24, 2.45) is 0 Å². The van der Waals surface area contributed by atoms with Gasteiger partial charge in [-0.3, -0.25) is 0 Å². The van der Waals surface area contributed by atoms with Crippen LogP contribution in [0.25, 0.3) is 11.3 Å². The molecule has 100 valence electrons. The van der Waals surface area contributed by atoms with Crippen molar-refractivity contribution in [2.75, 3.05) is 20.7 Å². The number of rotatable bonds is 5. The first-order valence-electron chi connectivity index (χ1n) is 6.62. The quantitative estimate of drug-likeness (QED) is 0.864. The van der Waals surface area contributed by atoms with Crippen molar-refractivity contribution in [3.63, 3.8) is 0 Å². The standard InChI is InChI=1S/C15H19N3O/c1-16-10-15(7-8-15)14-17-9-12(18-14)11-5-3-4-6-13(11)19-2/h3-6,9,16H,7-8,10H2,1-2H3,(H,17,18). The predicted molar refractivity (Wildman–Crippen MR) is 75.4 cm³/mol. The van der Waals surface area contributed by atoms with E-state index in [2.05, 4.69) is 15.3 Å². The lowest BCUT2D eigenvalue weighted by molar-refractivity contribution is 0.416. The van der Waals surface area contributed by atoms with Gasteiger partial charge in [-0.2, -0.15) is 0 Å². The van der Waals surface area contributed by atoms with Gasteiger partial charge in [-0.1, -0.05) is 12.1 Å². The molecule has 0 amide bonds. The Labute approximate surface area is 113 Å². The van der Waals surface area contributed by atoms with Crippen LogP contribution in [0.15, 0.2) is 30.5 Å². The van der Waals surface area contributed by atoms with Gasteiger partial charge in [0, 0.05) is 17.5 Å². The summed E-state index contributed by atoms with van der Waals surface area (Å²) in [5.41, 5.74) is 2.30. The van der Waals surface area contributed by atoms with Crippen molar-refractivity contribution in [2.45, 2.75) is 18.3 Å². The second-order valence-electron chi connectivity index (χ2n) is 5.16. The van der Waals surface area contributed by atoms with Crippen LogP contribution in [0, 0.1) is 0 Å². The number of aromatic amines is 1. The number of H-pyrrole nitrogens is 1. The number of nitrogens with one attached hydrogen (secondary N) is 2. The Bertz CT molecular complexity index is 572. The molecule has 1 aromatic carbocycles. The Kier molecular flexibility index (Phi) is 3.03. The van der Waals surface area contributed by atoms with Gasteiger partial charge in [0.15, 0.2) is 0 Å². The molecule has 1 heterocycles. The van der Waals surface area contributed by atoms with Crippen LogP contribution in [0.2, 0.25) is 0 Å². The van der Waals surface area contributed by atoms with E-state index in [1.165, 1.54) is 12.8 Å². The molecule has 0 spiro atoms. The molecule has 0 saturated heterocycles. The van der Waals surface area contributed by atoms with Crippen LogP contribution < -0.4 is 10.1 Å². The van der Waals surface area contributed by atoms with Gasteiger partial charge in [-0.15, -0.1) is 0 Å². The SMILES string of the molecule is CNCC1(c2ncc(-c3ccccc3OC)[nH]2)CC1. The number of benzene rings is 1. The van der Waals surface area contributed by atoms with Crippen molar-refractivity contribution >= 4 is 0 Å². The molecule has 0 aliphatic heterocycles. The monoisotopic (exact) mass is 257 g/mol. The summed E-state index contributed by atoms with van der Waals surface area (Å²) in [6, 6.07) is 8.01. The van der Waals surface area contributed by atoms with E-state index in [-0.39, 0.29) is 5.41 Å². The molecule has 4 nitrogen and oxygen atoms in total. The van der Waals surface area contributed by atoms with E-state index < -0.39 is 0 Å². The van der Waals surface area contributed by atoms with Gasteiger partial charge < -0.3 is 15.0 Å². The topological polar surface area (TPSA) is 49.9 Å². The molecule has 2 N–H and O–H groups in total. The van der Waals surface area contributed by atoms with E-state index in [0.717, 1.165) is 29.4 Å². The van der Waals surface area contributed by atoms with Gasteiger partial charge in [-0.25, -0.2) is 4.98 Å². The second kappa shape index (κ2) is 4.70. The Morgan fingerprint density at radius 1 is 1.37 bits per heavy atom. The fourth-order valence-electron chi connectivity index (χ4n) is 2.58. The molecule has 1 aliphatic rings. The lowest BCUT2D eigenvalue weighted by atomic mass is 10.1. The molecule has 1 aliphatic carbocycles. The average molecular weight is 257 g/mol. The third kappa shape index (κ3) is 2.12. The summed E-state index contributed by atoms with van der Waals surface area (Å²) in [5, 5.41) is 3.26. The fraction of sp³-hybridized carbons (Fsp3) is 0.400. The van der Waals surface area contributed by atoms with Crippen LogP contribution >= 0.6 is 0 Å². The van der Waals surface area contributed by atoms with E-state index in [9.17, 15) is 0 Å². The lowest BCUT2D eigenvalue weighted by Gasteiger charge is -2.11. The first-order valence-corrected chi connectivity index (χ1v) is 6.62. The molecule has 0 radical (unpaired) electrons. The minimum Gasteiger partial charge on any atom is -0.496 e. The lowest BCUT2D eigenvalue weighted by Crippen LogP contribution is -2.24. The molecule has 4 heteroatoms. The third-order valence-electron chi connectivity index (χ3n) is 3.84. The van der Waals surface area contributed by atoms with Gasteiger partial charge in [0.25, 0.3) is 0 Å². The highest BCUT2D eigenvalue weighted by Gasteiger charge is 2.46. The molecule has 2 aromatic rings. The van der Waals surface area contributed by atoms with Gasteiger partial charge in [-0.05, 0) is 32.0 Å². The molecule has 0 bridgehead atoms. The van der Waals surface area contributed by atoms with Crippen LogP contribution in [0.1, 0.15) is 18.7 Å². The molecule has 1 fully saturated rings. The highest BCUT2D eigenvalue weighted by atomic mass is 16.5. The Morgan fingerprint density at radius 3 is 2.84 bits per heavy atom. The number of ether oxygens (including phenoxy) is 1. The molecular formula is C15H19N3O. The van der Waals surface area contributed by atoms with Crippen molar-refractivity contribution < 1.29 is 4.74 Å². The average Bonchev–Trinajstić information content (AvgIpc) is 3.05. The summed E-state index contributed by atoms with van der Waals surface area (Å²) in [7, 11) is 3.68. The fourth-order valence-corrected chi connectivity index (χ4v) is 2.58. The van der Waals surface area contributed by atoms with Crippen LogP contribution in [0.5, 0.6) is 5.75 Å². The normalized spacial score (nSPS) is 16.3. The number of hydrogen-bond donors (Lipinski definition) is 2. The highest BCUT2D eigenvalue weighted by molar-refractivity contribution is 5.66. The first kappa shape index (κ1) is 12.2. The number of hydrogen-bond acceptors (Lipinski definition) is 3. The van der Waals surface area contributed by atoms with Crippen LogP contribution in [-0.2, 0) is 5.41 Å². The Balaban J connectivity index is 1.93. The summed E-state index contributed by atoms with van der Waals surface area (Å²) >= 11 is 0. The predicted octanol–water partition coefficient (Wildman–Crippen LogP) is 2.34. The largest absolute Gasteiger partial charge is 0.496 e. The number of imidazole rings is 1. The van der Waals surface area contributed by atoms with Crippen molar-refractivity contribution in [3.05, 3.63) is 36.3 Å². The van der Waals surface area contributed by atoms with E-state index in [4.69, 9.17) is 4.74 Å². The molecule has 19 heavy (non-hydrogen) atoms. The van der Waals surface area contributed by atoms with Crippen LogP contribution in [0.3, 0.4) is 0 Å². The Hall–Kier alpha value is -1.81. The maximum Gasteiger partial charge on any atom is 0.128 e. The van der Waals surface area contributed by atoms with Gasteiger partial charge in [0.2, 0.25) is 0 Å². The number of para-hydroxylation sites is 1. The number of nitrogens with zero attached hydrogens (tertiary/aromatic N) is 1. The van der Waals surface area contributed by atoms with Crippen LogP contribution in [0.4, 0.5) is 0 Å². The first-order chi connectivity index (χ1) is 9.29. The number of likely N-dealkylation sites (N-methyl/N-ethyl adjacent to an activating group) is 1. The second-order valence-corrected chi connectivity index (χ2v) is 5.16. The maximum atomic E-state index is 5.40. The number of aromatic nitrogens is 2. The van der Waals surface area contributed by atoms with Crippen LogP contribution in [-0.4, -0.2) is 30.7 Å². The van der Waals surface area contributed by atoms with Gasteiger partial charge in [0.1, 0.15) is 11.6 Å². The molecule has 0 unspecified atom stereocenters. The summed E-state index contributed by atoms with van der Waals surface area (Å²) in [5.74, 6) is 1.96. The summed E-state index contributed by atoms with van der Waals surface area (Å²) in [6.45, 7) is 0.978. The number of methoxy groups -OCH3 is 1. The van der Waals surface area contributed by atoms with E-state index in [1.54, 1.807) is 7.11 Å². The summed E-state index contributed by atoms with van der Waals surface area (Å²) < 4.78 is 5.40. The van der Waals surface area contributed by atoms with E-state index >= 15 is 0 Å². The summed E-state index contributed by atoms with van der Waals surface area (Å²) in [6.07, 6.45) is 4.31. The van der Waals surface area contributed by atoms with Crippen molar-refractivity contribution in [1.82, 2.24) is 15.3 Å². The van der Waals surface area contributed by atoms with E-state index in [1.807, 2.05) is 37.5 Å². The minimum absolute atomic E-state index is 0.217. The molecule has 3 rings (SSSR count). The zero-order valence-corrected chi connectivity index (χ0v) is 11.4. The van der Waals surface area contributed by atoms with Gasteiger partial charge in [0.05, 0.1) is 19.0 Å². The maximum absolute atomic E-state index is 5.40. The zero-order valence-electron chi connectivity index (χ0n) is 11.4. The van der Waals surface area contributed by atoms with E-state index in [0.29, 0.717) is 0 Å². The highest BCUT2D eigenvalue weighted by Crippen LogP contribution is 2.46. The summed E-state index contributed by atoms with van der Waals surface area (Å²) in [4.78, 5) is 8.03. The Morgan fingerprint density at radius 2 is 2.16 bits per heavy atom. The van der Waals surface area contributed by atoms with Gasteiger partial charge >= 0.3 is 0 Å². The minimum atomic E-state index is 0.217. The van der Waals surface area contributed by atoms with Crippen molar-refractivity contribution in [3.8, 4) is 17.0 Å². The van der Waals surface area contributed by atoms with Crippen molar-refractivity contribution in [1.29, 1.82) is 0 Å². The third-order valence-corrected chi connectivity index (χ3v) is 3.84. The molecular weight excluding hydrogens is 238 g/mol. The zero-order chi connectivity index (χ0) is 13.3. The molecule has 0 atom stereocenters. The molecule has 1 aromatic heterocycles.